The van der Waals surface area contributed by atoms with Gasteiger partial charge < -0.3 is 10.1 Å². The Balaban J connectivity index is 1.62. The lowest BCUT2D eigenvalue weighted by molar-refractivity contribution is 0.0491. The van der Waals surface area contributed by atoms with Gasteiger partial charge in [0.15, 0.2) is 0 Å². The normalized spacial score (nSPS) is 25.1. The molecule has 0 radical (unpaired) electrons. The van der Waals surface area contributed by atoms with Crippen molar-refractivity contribution in [2.45, 2.75) is 51.8 Å². The predicted molar refractivity (Wildman–Crippen MR) is 101 cm³/mol. The van der Waals surface area contributed by atoms with E-state index in [2.05, 4.69) is 10.2 Å². The second-order valence-electron chi connectivity index (χ2n) is 8.46. The van der Waals surface area contributed by atoms with Crippen molar-refractivity contribution in [1.82, 2.24) is 10.2 Å². The van der Waals surface area contributed by atoms with Crippen LogP contribution in [-0.4, -0.2) is 35.7 Å². The van der Waals surface area contributed by atoms with E-state index in [0.717, 1.165) is 31.5 Å². The van der Waals surface area contributed by atoms with Crippen LogP contribution in [0.25, 0.3) is 0 Å². The Kier molecular flexibility index (Phi) is 5.64. The van der Waals surface area contributed by atoms with Gasteiger partial charge in [0.1, 0.15) is 23.1 Å². The first-order valence-electron chi connectivity index (χ1n) is 9.27. The van der Waals surface area contributed by atoms with Gasteiger partial charge in [0.05, 0.1) is 5.02 Å². The molecule has 2 fully saturated rings. The van der Waals surface area contributed by atoms with Crippen LogP contribution >= 0.6 is 11.6 Å². The molecule has 0 spiro atoms. The van der Waals surface area contributed by atoms with Crippen molar-refractivity contribution >= 4 is 17.7 Å². The summed E-state index contributed by atoms with van der Waals surface area (Å²) < 4.78 is 19.0. The summed E-state index contributed by atoms with van der Waals surface area (Å²) in [4.78, 5) is 14.4. The molecule has 5 nitrogen and oxygen atoms in total. The molecule has 0 aromatic heterocycles. The maximum atomic E-state index is 13.6. The van der Waals surface area contributed by atoms with Crippen LogP contribution in [0.4, 0.5) is 9.18 Å². The van der Waals surface area contributed by atoms with Crippen molar-refractivity contribution < 1.29 is 13.9 Å². The number of carbonyl (C=O) groups is 1. The van der Waals surface area contributed by atoms with E-state index in [1.807, 2.05) is 26.8 Å². The molecule has 1 saturated heterocycles. The van der Waals surface area contributed by atoms with Crippen molar-refractivity contribution in [3.63, 3.8) is 0 Å². The van der Waals surface area contributed by atoms with E-state index < -0.39 is 11.4 Å². The summed E-state index contributed by atoms with van der Waals surface area (Å²) in [5.41, 5.74) is 0.144. The number of nitriles is 1. The minimum absolute atomic E-state index is 0.0990. The number of nitrogens with one attached hydrogen (secondary N) is 1. The van der Waals surface area contributed by atoms with Crippen LogP contribution in [0.5, 0.6) is 0 Å². The highest BCUT2D eigenvalue weighted by Crippen LogP contribution is 2.39. The predicted octanol–water partition coefficient (Wildman–Crippen LogP) is 4.09. The topological polar surface area (TPSA) is 65.4 Å². The summed E-state index contributed by atoms with van der Waals surface area (Å²) in [5.74, 6) is 0.290. The zero-order chi connectivity index (χ0) is 19.8. The summed E-state index contributed by atoms with van der Waals surface area (Å²) >= 11 is 6.21. The number of carbonyl (C=O) groups excluding carboxylic acids is 1. The van der Waals surface area contributed by atoms with Crippen LogP contribution in [0.2, 0.25) is 5.02 Å². The number of hydrogen-bond donors (Lipinski definition) is 1. The summed E-state index contributed by atoms with van der Waals surface area (Å²) in [6.07, 6.45) is 1.65. The third-order valence-electron chi connectivity index (χ3n) is 5.31. The second kappa shape index (κ2) is 7.65. The molecule has 27 heavy (non-hydrogen) atoms. The lowest BCUT2D eigenvalue weighted by Gasteiger charge is -2.25. The van der Waals surface area contributed by atoms with Crippen molar-refractivity contribution in [2.24, 2.45) is 11.8 Å². The Labute approximate surface area is 164 Å². The number of likely N-dealkylation sites (tertiary alicyclic amines) is 1. The number of hydrogen-bond acceptors (Lipinski definition) is 4. The van der Waals surface area contributed by atoms with Gasteiger partial charge in [-0.25, -0.2) is 9.18 Å². The molecule has 1 aliphatic carbocycles. The number of fused-ring (bicyclic) bond motifs is 1. The molecule has 1 heterocycles. The van der Waals surface area contributed by atoms with Gasteiger partial charge >= 0.3 is 6.09 Å². The first-order chi connectivity index (χ1) is 12.7. The Morgan fingerprint density at radius 3 is 2.81 bits per heavy atom. The van der Waals surface area contributed by atoms with Crippen LogP contribution in [0.15, 0.2) is 12.1 Å². The van der Waals surface area contributed by atoms with Crippen LogP contribution < -0.4 is 5.32 Å². The fourth-order valence-corrected chi connectivity index (χ4v) is 4.44. The highest BCUT2D eigenvalue weighted by atomic mass is 35.5. The van der Waals surface area contributed by atoms with Gasteiger partial charge in [0.2, 0.25) is 0 Å². The van der Waals surface area contributed by atoms with Crippen molar-refractivity contribution in [3.05, 3.63) is 34.1 Å². The van der Waals surface area contributed by atoms with E-state index in [-0.39, 0.29) is 22.7 Å². The largest absolute Gasteiger partial charge is 0.444 e. The quantitative estimate of drug-likeness (QED) is 0.840. The highest BCUT2D eigenvalue weighted by molar-refractivity contribution is 6.32. The molecule has 2 aliphatic rings. The van der Waals surface area contributed by atoms with E-state index in [9.17, 15) is 9.18 Å². The van der Waals surface area contributed by atoms with E-state index in [0.29, 0.717) is 18.4 Å². The third-order valence-corrected chi connectivity index (χ3v) is 5.74. The van der Waals surface area contributed by atoms with Crippen LogP contribution in [0, 0.1) is 29.0 Å². The monoisotopic (exact) mass is 393 g/mol. The average Bonchev–Trinajstić information content (AvgIpc) is 3.10. The van der Waals surface area contributed by atoms with Crippen LogP contribution in [0.1, 0.15) is 44.7 Å². The lowest BCUT2D eigenvalue weighted by atomic mass is 9.98. The lowest BCUT2D eigenvalue weighted by Crippen LogP contribution is -2.42. The minimum Gasteiger partial charge on any atom is -0.444 e. The number of amides is 1. The number of alkyl carbamates (subject to hydrolysis) is 1. The minimum atomic E-state index is -0.592. The fourth-order valence-electron chi connectivity index (χ4n) is 4.19. The maximum absolute atomic E-state index is 13.6. The molecule has 1 aliphatic heterocycles. The molecule has 0 bridgehead atoms. The Morgan fingerprint density at radius 2 is 2.15 bits per heavy atom. The zero-order valence-corrected chi connectivity index (χ0v) is 16.6. The van der Waals surface area contributed by atoms with Crippen molar-refractivity contribution in [1.29, 1.82) is 5.26 Å². The summed E-state index contributed by atoms with van der Waals surface area (Å²) in [6, 6.07) is 4.87. The van der Waals surface area contributed by atoms with Crippen molar-refractivity contribution in [3.8, 4) is 6.07 Å². The number of benzene rings is 1. The zero-order valence-electron chi connectivity index (χ0n) is 15.9. The average molecular weight is 394 g/mol. The number of rotatable bonds is 3. The molecule has 3 rings (SSSR count). The fraction of sp³-hybridized carbons (Fsp3) is 0.600. The summed E-state index contributed by atoms with van der Waals surface area (Å²) in [7, 11) is 0. The van der Waals surface area contributed by atoms with E-state index in [4.69, 9.17) is 21.6 Å². The van der Waals surface area contributed by atoms with Gasteiger partial charge in [0.25, 0.3) is 0 Å². The SMILES string of the molecule is CC(C)(C)OC(=O)N[C@@H]1CC[C@@H]2CN(Cc3ccc(F)c(C#N)c3Cl)C[C@H]21. The molecule has 1 aromatic carbocycles. The molecular formula is C20H25ClFN3O2. The standard InChI is InChI=1S/C20H25ClFN3O2/c1-20(2,3)27-19(26)24-17-7-5-12-9-25(11-15(12)17)10-13-4-6-16(22)14(8-23)18(13)21/h4,6,12,15,17H,5,7,9-11H2,1-3H3,(H,24,26)/t12-,15-,17-/m1/s1. The first kappa shape index (κ1) is 19.9. The van der Waals surface area contributed by atoms with Crippen LogP contribution in [-0.2, 0) is 11.3 Å². The van der Waals surface area contributed by atoms with E-state index in [1.54, 1.807) is 6.07 Å². The molecular weight excluding hydrogens is 369 g/mol. The molecule has 1 N–H and O–H groups in total. The number of nitrogens with zero attached hydrogens (tertiary/aromatic N) is 2. The molecule has 1 aromatic rings. The highest BCUT2D eigenvalue weighted by Gasteiger charge is 2.43. The number of halogens is 2. The second-order valence-corrected chi connectivity index (χ2v) is 8.83. The van der Waals surface area contributed by atoms with E-state index >= 15 is 0 Å². The Bertz CT molecular complexity index is 772. The smallest absolute Gasteiger partial charge is 0.407 e. The van der Waals surface area contributed by atoms with Crippen LogP contribution in [0.3, 0.4) is 0 Å². The summed E-state index contributed by atoms with van der Waals surface area (Å²) in [5, 5.41) is 12.3. The molecule has 3 atom stereocenters. The van der Waals surface area contributed by atoms with Gasteiger partial charge in [-0.1, -0.05) is 17.7 Å². The molecule has 0 unspecified atom stereocenters. The Hall–Kier alpha value is -1.84. The van der Waals surface area contributed by atoms with Gasteiger partial charge in [-0.05, 0) is 57.1 Å². The van der Waals surface area contributed by atoms with E-state index in [1.165, 1.54) is 6.07 Å². The van der Waals surface area contributed by atoms with Gasteiger partial charge in [-0.3, -0.25) is 4.90 Å². The number of ether oxygens (including phenoxy) is 1. The third kappa shape index (κ3) is 4.53. The summed E-state index contributed by atoms with van der Waals surface area (Å²) in [6.45, 7) is 7.86. The molecule has 7 heteroatoms. The first-order valence-corrected chi connectivity index (χ1v) is 9.64. The molecule has 146 valence electrons. The van der Waals surface area contributed by atoms with Gasteiger partial charge in [-0.2, -0.15) is 5.26 Å². The Morgan fingerprint density at radius 1 is 1.41 bits per heavy atom. The van der Waals surface area contributed by atoms with Gasteiger partial charge in [0, 0.05) is 25.7 Å². The molecule has 1 saturated carbocycles. The van der Waals surface area contributed by atoms with Crippen molar-refractivity contribution in [2.75, 3.05) is 13.1 Å². The molecule has 1 amide bonds. The maximum Gasteiger partial charge on any atom is 0.407 e. The van der Waals surface area contributed by atoms with Gasteiger partial charge in [-0.15, -0.1) is 0 Å².